The summed E-state index contributed by atoms with van der Waals surface area (Å²) in [5, 5.41) is 24.9. The molecule has 7 heteroatoms. The second-order valence-electron chi connectivity index (χ2n) is 8.38. The van der Waals surface area contributed by atoms with Gasteiger partial charge >= 0.3 is 0 Å². The molecule has 166 valence electrons. The monoisotopic (exact) mass is 398 g/mol. The molecule has 5 N–H and O–H groups in total. The smallest absolute Gasteiger partial charge is 0.0793 e. The molecule has 2 saturated heterocycles. The van der Waals surface area contributed by atoms with Gasteiger partial charge in [-0.15, -0.1) is 0 Å². The average molecular weight is 399 g/mol. The Morgan fingerprint density at radius 1 is 0.500 bits per heavy atom. The molecule has 0 bridgehead atoms. The Bertz CT molecular complexity index is 304. The van der Waals surface area contributed by atoms with E-state index < -0.39 is 0 Å². The van der Waals surface area contributed by atoms with Crippen LogP contribution in [-0.4, -0.2) is 113 Å². The van der Waals surface area contributed by atoms with E-state index in [1.54, 1.807) is 0 Å². The summed E-state index contributed by atoms with van der Waals surface area (Å²) in [7, 11) is 0. The third-order valence-corrected chi connectivity index (χ3v) is 5.66. The predicted molar refractivity (Wildman–Crippen MR) is 118 cm³/mol. The molecular weight excluding hydrogens is 352 g/mol. The van der Waals surface area contributed by atoms with Crippen molar-refractivity contribution in [3.05, 3.63) is 0 Å². The van der Waals surface area contributed by atoms with Crippen molar-refractivity contribution in [2.75, 3.05) is 91.6 Å². The molecule has 0 aromatic carbocycles. The number of nitrogens with one attached hydrogen (secondary N) is 4. The van der Waals surface area contributed by atoms with Crippen molar-refractivity contribution >= 4 is 0 Å². The maximum atomic E-state index is 10.8. The number of nitrogens with zero attached hydrogens (tertiary/aromatic N) is 2. The van der Waals surface area contributed by atoms with Gasteiger partial charge in [0.25, 0.3) is 0 Å². The van der Waals surface area contributed by atoms with Gasteiger partial charge in [-0.1, -0.05) is 0 Å². The number of hydrogen-bond donors (Lipinski definition) is 5. The van der Waals surface area contributed by atoms with Crippen molar-refractivity contribution in [3.8, 4) is 0 Å². The molecule has 2 fully saturated rings. The van der Waals surface area contributed by atoms with Crippen LogP contribution < -0.4 is 21.3 Å². The maximum Gasteiger partial charge on any atom is 0.0793 e. The summed E-state index contributed by atoms with van der Waals surface area (Å²) in [6, 6.07) is 0. The highest BCUT2D eigenvalue weighted by molar-refractivity contribution is 4.72. The molecule has 0 amide bonds. The Balaban J connectivity index is 1.72. The lowest BCUT2D eigenvalue weighted by Gasteiger charge is -2.30. The molecule has 2 rings (SSSR count). The Morgan fingerprint density at radius 2 is 0.786 bits per heavy atom. The molecule has 2 aliphatic rings. The highest BCUT2D eigenvalue weighted by atomic mass is 16.3. The average Bonchev–Trinajstić information content (AvgIpc) is 2.66. The summed E-state index contributed by atoms with van der Waals surface area (Å²) < 4.78 is 0. The third kappa shape index (κ3) is 12.3. The molecule has 0 spiro atoms. The predicted octanol–water partition coefficient (Wildman–Crippen LogP) is -0.322. The number of rotatable bonds is 4. The third-order valence-electron chi connectivity index (χ3n) is 5.66. The minimum atomic E-state index is -0.261. The first-order valence-corrected chi connectivity index (χ1v) is 11.8. The topological polar surface area (TPSA) is 74.8 Å². The highest BCUT2D eigenvalue weighted by Gasteiger charge is 2.16. The minimum Gasteiger partial charge on any atom is -0.390 e. The standard InChI is InChI=1S/C21H46N6O/c28-21(19-26-15-3-11-22-7-1-8-23-12-4-16-26)20-27-17-5-13-24-9-2-10-25-14-6-18-27/h21-25,28H,1-20H2. The van der Waals surface area contributed by atoms with Gasteiger partial charge in [0.15, 0.2) is 0 Å². The van der Waals surface area contributed by atoms with Gasteiger partial charge in [0, 0.05) is 13.1 Å². The van der Waals surface area contributed by atoms with E-state index in [-0.39, 0.29) is 6.10 Å². The van der Waals surface area contributed by atoms with Crippen LogP contribution in [0.2, 0.25) is 0 Å². The van der Waals surface area contributed by atoms with Crippen molar-refractivity contribution in [1.29, 1.82) is 0 Å². The molecule has 0 aromatic rings. The first-order valence-electron chi connectivity index (χ1n) is 11.8. The second-order valence-corrected chi connectivity index (χ2v) is 8.38. The summed E-state index contributed by atoms with van der Waals surface area (Å²) >= 11 is 0. The Labute approximate surface area is 173 Å². The quantitative estimate of drug-likeness (QED) is 0.444. The van der Waals surface area contributed by atoms with Crippen LogP contribution in [0.3, 0.4) is 0 Å². The molecule has 0 aromatic heterocycles. The van der Waals surface area contributed by atoms with Gasteiger partial charge in [0.1, 0.15) is 0 Å². The zero-order valence-corrected chi connectivity index (χ0v) is 18.1. The number of hydrogen-bond acceptors (Lipinski definition) is 7. The van der Waals surface area contributed by atoms with Gasteiger partial charge in [0.2, 0.25) is 0 Å². The van der Waals surface area contributed by atoms with E-state index in [1.807, 2.05) is 0 Å². The molecule has 0 aliphatic carbocycles. The molecule has 0 radical (unpaired) electrons. The molecule has 28 heavy (non-hydrogen) atoms. The Kier molecular flexibility index (Phi) is 14.1. The normalized spacial score (nSPS) is 24.6. The van der Waals surface area contributed by atoms with E-state index >= 15 is 0 Å². The van der Waals surface area contributed by atoms with Crippen molar-refractivity contribution in [2.45, 2.75) is 44.6 Å². The molecular formula is C21H46N6O. The summed E-state index contributed by atoms with van der Waals surface area (Å²) in [5.41, 5.74) is 0. The van der Waals surface area contributed by atoms with Crippen LogP contribution in [0.25, 0.3) is 0 Å². The van der Waals surface area contributed by atoms with Crippen LogP contribution in [0.15, 0.2) is 0 Å². The van der Waals surface area contributed by atoms with Crippen LogP contribution in [0.1, 0.15) is 38.5 Å². The van der Waals surface area contributed by atoms with Gasteiger partial charge in [-0.05, 0) is 117 Å². The maximum absolute atomic E-state index is 10.8. The van der Waals surface area contributed by atoms with Crippen LogP contribution >= 0.6 is 0 Å². The van der Waals surface area contributed by atoms with Crippen molar-refractivity contribution in [3.63, 3.8) is 0 Å². The van der Waals surface area contributed by atoms with E-state index in [2.05, 4.69) is 31.1 Å². The molecule has 2 heterocycles. The van der Waals surface area contributed by atoms with Gasteiger partial charge < -0.3 is 36.2 Å². The van der Waals surface area contributed by atoms with E-state index in [9.17, 15) is 5.11 Å². The lowest BCUT2D eigenvalue weighted by molar-refractivity contribution is 0.0715. The zero-order chi connectivity index (χ0) is 19.7. The largest absolute Gasteiger partial charge is 0.390 e. The molecule has 0 atom stereocenters. The Hall–Kier alpha value is -0.280. The SMILES string of the molecule is OC(CN1CCCNCCCNCCC1)CN1CCCNCCCNCCC1. The fourth-order valence-corrected chi connectivity index (χ4v) is 4.13. The molecule has 0 saturated carbocycles. The van der Waals surface area contributed by atoms with E-state index in [0.29, 0.717) is 0 Å². The van der Waals surface area contributed by atoms with Gasteiger partial charge in [-0.3, -0.25) is 0 Å². The van der Waals surface area contributed by atoms with E-state index in [0.717, 1.165) is 91.6 Å². The van der Waals surface area contributed by atoms with Crippen LogP contribution in [-0.2, 0) is 0 Å². The van der Waals surface area contributed by atoms with Crippen LogP contribution in [0, 0.1) is 0 Å². The number of aliphatic hydroxyl groups is 1. The molecule has 0 unspecified atom stereocenters. The highest BCUT2D eigenvalue weighted by Crippen LogP contribution is 2.03. The summed E-state index contributed by atoms with van der Waals surface area (Å²) in [5.74, 6) is 0. The van der Waals surface area contributed by atoms with Gasteiger partial charge in [-0.2, -0.15) is 0 Å². The summed E-state index contributed by atoms with van der Waals surface area (Å²) in [6.45, 7) is 14.7. The van der Waals surface area contributed by atoms with E-state index in [1.165, 1.54) is 38.5 Å². The van der Waals surface area contributed by atoms with Crippen molar-refractivity contribution in [1.82, 2.24) is 31.1 Å². The fraction of sp³-hybridized carbons (Fsp3) is 1.00. The zero-order valence-electron chi connectivity index (χ0n) is 18.1. The Morgan fingerprint density at radius 3 is 1.11 bits per heavy atom. The number of β-amino-alcohol motifs (C(OH)–C–C–N with tert-alkyl or cyclic N) is 1. The summed E-state index contributed by atoms with van der Waals surface area (Å²) in [4.78, 5) is 4.94. The molecule has 2 aliphatic heterocycles. The first kappa shape index (κ1) is 24.0. The van der Waals surface area contributed by atoms with Crippen molar-refractivity contribution in [2.24, 2.45) is 0 Å². The van der Waals surface area contributed by atoms with Crippen LogP contribution in [0.4, 0.5) is 0 Å². The van der Waals surface area contributed by atoms with Crippen molar-refractivity contribution < 1.29 is 5.11 Å². The fourth-order valence-electron chi connectivity index (χ4n) is 4.13. The summed E-state index contributed by atoms with van der Waals surface area (Å²) in [6.07, 6.45) is 6.83. The second kappa shape index (κ2) is 16.5. The minimum absolute atomic E-state index is 0.261. The van der Waals surface area contributed by atoms with Gasteiger partial charge in [-0.25, -0.2) is 0 Å². The van der Waals surface area contributed by atoms with E-state index in [4.69, 9.17) is 0 Å². The lowest BCUT2D eigenvalue weighted by atomic mass is 10.2. The lowest BCUT2D eigenvalue weighted by Crippen LogP contribution is -2.43. The van der Waals surface area contributed by atoms with Gasteiger partial charge in [0.05, 0.1) is 6.10 Å². The molecule has 7 nitrogen and oxygen atoms in total. The first-order chi connectivity index (χ1) is 13.8. The number of aliphatic hydroxyl groups excluding tert-OH is 1. The van der Waals surface area contributed by atoms with Crippen LogP contribution in [0.5, 0.6) is 0 Å².